The van der Waals surface area contributed by atoms with Gasteiger partial charge < -0.3 is 20.6 Å². The van der Waals surface area contributed by atoms with Crippen LogP contribution in [0.5, 0.6) is 5.75 Å². The molecule has 4 N–H and O–H groups in total. The third kappa shape index (κ3) is 5.86. The summed E-state index contributed by atoms with van der Waals surface area (Å²) in [6, 6.07) is 14.0. The third-order valence-electron chi connectivity index (χ3n) is 5.20. The average Bonchev–Trinajstić information content (AvgIpc) is 2.84. The summed E-state index contributed by atoms with van der Waals surface area (Å²) in [6.45, 7) is 8.04. The molecule has 0 saturated carbocycles. The number of aryl methyl sites for hydroxylation is 1. The number of phenolic OH excluding ortho intramolecular Hbond substituents is 1. The van der Waals surface area contributed by atoms with E-state index in [1.807, 2.05) is 58.0 Å². The summed E-state index contributed by atoms with van der Waals surface area (Å²) in [6.07, 6.45) is 0. The molecule has 0 bridgehead atoms. The highest BCUT2D eigenvalue weighted by Gasteiger charge is 2.21. The second-order valence-electron chi connectivity index (χ2n) is 7.73. The molecule has 2 aromatic carbocycles. The van der Waals surface area contributed by atoms with Gasteiger partial charge in [0, 0.05) is 26.7 Å². The smallest absolute Gasteiger partial charge is 0.290 e. The molecule has 0 saturated heterocycles. The van der Waals surface area contributed by atoms with E-state index in [0.29, 0.717) is 6.54 Å². The molecule has 3 aromatic rings. The maximum absolute atomic E-state index is 12.7. The number of phenols is 1. The van der Waals surface area contributed by atoms with Crippen LogP contribution in [0.4, 0.5) is 17.1 Å². The first-order chi connectivity index (χ1) is 16.2. The molecule has 1 amide bonds. The zero-order chi connectivity index (χ0) is 25.4. The Labute approximate surface area is 199 Å². The van der Waals surface area contributed by atoms with E-state index in [4.69, 9.17) is 0 Å². The lowest BCUT2D eigenvalue weighted by Gasteiger charge is -2.22. The molecule has 9 heteroatoms. The molecule has 0 fully saturated rings. The van der Waals surface area contributed by atoms with Crippen LogP contribution in [-0.4, -0.2) is 38.8 Å². The fourth-order valence-corrected chi connectivity index (χ4v) is 3.09. The molecule has 1 heterocycles. The predicted octanol–water partition coefficient (Wildman–Crippen LogP) is 3.64. The third-order valence-corrected chi connectivity index (χ3v) is 5.20. The van der Waals surface area contributed by atoms with Crippen LogP contribution in [0.2, 0.25) is 0 Å². The second-order valence-corrected chi connectivity index (χ2v) is 7.73. The SMILES string of the molecule is CC.CC(C)N(C)C(=O)c1cccc(Nc2c(NCc3ccccc3)c(=O)n(C)[nH]c2=O)c1O. The number of H-pyrrole nitrogens is 1. The molecule has 0 aliphatic carbocycles. The van der Waals surface area contributed by atoms with Crippen molar-refractivity contribution in [2.24, 2.45) is 7.05 Å². The number of hydrogen-bond acceptors (Lipinski definition) is 6. The Kier molecular flexibility index (Phi) is 9.06. The second kappa shape index (κ2) is 11.7. The number of nitrogens with one attached hydrogen (secondary N) is 3. The lowest BCUT2D eigenvalue weighted by atomic mass is 10.1. The lowest BCUT2D eigenvalue weighted by Crippen LogP contribution is -2.33. The standard InChI is InChI=1S/C23H27N5O4.C2H6/c1-14(2)27(3)22(31)16-11-8-12-17(20(16)29)25-18-19(23(32)28(4)26-21(18)30)24-13-15-9-6-5-7-10-15;1-2/h5-12,14,24-25,29H,13H2,1-4H3,(H,26,30);1-2H3. The minimum atomic E-state index is -0.557. The molecule has 0 radical (unpaired) electrons. The molecule has 0 aliphatic heterocycles. The minimum absolute atomic E-state index is 0.0514. The van der Waals surface area contributed by atoms with E-state index < -0.39 is 11.1 Å². The summed E-state index contributed by atoms with van der Waals surface area (Å²) < 4.78 is 1.08. The Balaban J connectivity index is 0.00000199. The van der Waals surface area contributed by atoms with Crippen LogP contribution in [0.15, 0.2) is 58.1 Å². The summed E-state index contributed by atoms with van der Waals surface area (Å²) in [4.78, 5) is 39.6. The van der Waals surface area contributed by atoms with Gasteiger partial charge in [-0.25, -0.2) is 0 Å². The Bertz CT molecular complexity index is 1230. The van der Waals surface area contributed by atoms with Crippen LogP contribution in [-0.2, 0) is 13.6 Å². The molecule has 3 rings (SSSR count). The number of benzene rings is 2. The van der Waals surface area contributed by atoms with Crippen molar-refractivity contribution in [2.75, 3.05) is 17.7 Å². The van der Waals surface area contributed by atoms with E-state index in [-0.39, 0.29) is 40.3 Å². The molecule has 1 aromatic heterocycles. The van der Waals surface area contributed by atoms with Gasteiger partial charge in [-0.05, 0) is 31.5 Å². The van der Waals surface area contributed by atoms with Gasteiger partial charge in [-0.1, -0.05) is 50.2 Å². The summed E-state index contributed by atoms with van der Waals surface area (Å²) >= 11 is 0. The number of aromatic amines is 1. The molecule has 182 valence electrons. The van der Waals surface area contributed by atoms with Crippen molar-refractivity contribution in [3.05, 3.63) is 80.4 Å². The van der Waals surface area contributed by atoms with Crippen LogP contribution in [0.3, 0.4) is 0 Å². The summed E-state index contributed by atoms with van der Waals surface area (Å²) in [7, 11) is 3.09. The number of anilines is 3. The number of nitrogens with zero attached hydrogens (tertiary/aromatic N) is 2. The first-order valence-corrected chi connectivity index (χ1v) is 11.2. The van der Waals surface area contributed by atoms with E-state index in [9.17, 15) is 19.5 Å². The fourth-order valence-electron chi connectivity index (χ4n) is 3.09. The summed E-state index contributed by atoms with van der Waals surface area (Å²) in [5.41, 5.74) is 0.136. The van der Waals surface area contributed by atoms with Crippen LogP contribution >= 0.6 is 0 Å². The van der Waals surface area contributed by atoms with Crippen molar-refractivity contribution in [1.29, 1.82) is 0 Å². The number of carbonyl (C=O) groups is 1. The maximum atomic E-state index is 12.7. The number of aromatic nitrogens is 2. The van der Waals surface area contributed by atoms with Crippen molar-refractivity contribution in [1.82, 2.24) is 14.7 Å². The number of aromatic hydroxyl groups is 1. The van der Waals surface area contributed by atoms with Crippen molar-refractivity contribution in [2.45, 2.75) is 40.3 Å². The van der Waals surface area contributed by atoms with Gasteiger partial charge in [-0.15, -0.1) is 0 Å². The van der Waals surface area contributed by atoms with Gasteiger partial charge in [-0.2, -0.15) is 0 Å². The molecule has 0 spiro atoms. The summed E-state index contributed by atoms with van der Waals surface area (Å²) in [5, 5.41) is 19.0. The number of rotatable bonds is 7. The molecule has 9 nitrogen and oxygen atoms in total. The first-order valence-electron chi connectivity index (χ1n) is 11.2. The minimum Gasteiger partial charge on any atom is -0.505 e. The number of carbonyl (C=O) groups excluding carboxylic acids is 1. The fraction of sp³-hybridized carbons (Fsp3) is 0.320. The van der Waals surface area contributed by atoms with E-state index in [2.05, 4.69) is 15.7 Å². The van der Waals surface area contributed by atoms with Crippen LogP contribution < -0.4 is 21.8 Å². The van der Waals surface area contributed by atoms with E-state index >= 15 is 0 Å². The predicted molar refractivity (Wildman–Crippen MR) is 136 cm³/mol. The highest BCUT2D eigenvalue weighted by molar-refractivity contribution is 5.99. The first kappa shape index (κ1) is 26.2. The molecule has 0 atom stereocenters. The van der Waals surface area contributed by atoms with Gasteiger partial charge in [0.05, 0.1) is 11.3 Å². The highest BCUT2D eigenvalue weighted by atomic mass is 16.3. The number of amides is 1. The van der Waals surface area contributed by atoms with Crippen LogP contribution in [0, 0.1) is 0 Å². The van der Waals surface area contributed by atoms with Crippen molar-refractivity contribution in [3.8, 4) is 5.75 Å². The monoisotopic (exact) mass is 467 g/mol. The molecule has 0 unspecified atom stereocenters. The topological polar surface area (TPSA) is 119 Å². The van der Waals surface area contributed by atoms with Gasteiger partial charge in [-0.3, -0.25) is 24.2 Å². The van der Waals surface area contributed by atoms with Crippen molar-refractivity contribution >= 4 is 23.0 Å². The van der Waals surface area contributed by atoms with Gasteiger partial charge in [0.2, 0.25) is 0 Å². The maximum Gasteiger partial charge on any atom is 0.290 e. The van der Waals surface area contributed by atoms with Crippen LogP contribution in [0.1, 0.15) is 43.6 Å². The van der Waals surface area contributed by atoms with Crippen LogP contribution in [0.25, 0.3) is 0 Å². The number of para-hydroxylation sites is 1. The van der Waals surface area contributed by atoms with E-state index in [1.165, 1.54) is 24.1 Å². The number of hydrogen-bond donors (Lipinski definition) is 4. The van der Waals surface area contributed by atoms with E-state index in [1.54, 1.807) is 13.1 Å². The Morgan fingerprint density at radius 1 is 1.06 bits per heavy atom. The van der Waals surface area contributed by atoms with Crippen molar-refractivity contribution in [3.63, 3.8) is 0 Å². The Hall–Kier alpha value is -4.01. The highest BCUT2D eigenvalue weighted by Crippen LogP contribution is 2.31. The zero-order valence-corrected chi connectivity index (χ0v) is 20.5. The Morgan fingerprint density at radius 2 is 1.71 bits per heavy atom. The quantitative estimate of drug-likeness (QED) is 0.394. The normalized spacial score (nSPS) is 10.3. The Morgan fingerprint density at radius 3 is 2.32 bits per heavy atom. The van der Waals surface area contributed by atoms with Gasteiger partial charge in [0.15, 0.2) is 5.75 Å². The summed E-state index contributed by atoms with van der Waals surface area (Å²) in [5.74, 6) is -0.666. The zero-order valence-electron chi connectivity index (χ0n) is 20.5. The van der Waals surface area contributed by atoms with Gasteiger partial charge in [0.1, 0.15) is 11.4 Å². The van der Waals surface area contributed by atoms with E-state index in [0.717, 1.165) is 10.2 Å². The van der Waals surface area contributed by atoms with Gasteiger partial charge in [0.25, 0.3) is 17.0 Å². The average molecular weight is 468 g/mol. The molecule has 34 heavy (non-hydrogen) atoms. The largest absolute Gasteiger partial charge is 0.505 e. The molecule has 0 aliphatic rings. The van der Waals surface area contributed by atoms with Crippen molar-refractivity contribution < 1.29 is 9.90 Å². The molecular formula is C25H33N5O4. The molecular weight excluding hydrogens is 434 g/mol. The lowest BCUT2D eigenvalue weighted by molar-refractivity contribution is 0.0752. The van der Waals surface area contributed by atoms with Gasteiger partial charge >= 0.3 is 0 Å².